The van der Waals surface area contributed by atoms with Crippen LogP contribution in [-0.2, 0) is 6.54 Å². The summed E-state index contributed by atoms with van der Waals surface area (Å²) in [6.07, 6.45) is 3.67. The monoisotopic (exact) mass is 228 g/mol. The normalized spacial score (nSPS) is 9.35. The van der Waals surface area contributed by atoms with Gasteiger partial charge in [-0.05, 0) is 29.8 Å². The molecule has 0 atom stereocenters. The molecule has 1 aromatic carbocycles. The summed E-state index contributed by atoms with van der Waals surface area (Å²) >= 11 is 0. The van der Waals surface area contributed by atoms with Crippen LogP contribution in [0.2, 0.25) is 0 Å². The quantitative estimate of drug-likeness (QED) is 0.869. The molecule has 1 heterocycles. The molecule has 1 N–H and O–H groups in total. The number of nitrogens with zero attached hydrogens (tertiary/aromatic N) is 1. The predicted octanol–water partition coefficient (Wildman–Crippen LogP) is 3.49. The predicted molar refractivity (Wildman–Crippen MR) is 73.8 cm³/mol. The average Bonchev–Trinajstić information content (AvgIpc) is 2.43. The van der Waals surface area contributed by atoms with Crippen molar-refractivity contribution in [2.75, 3.05) is 7.05 Å². The Balaban J connectivity index is 0.000000686. The van der Waals surface area contributed by atoms with Crippen molar-refractivity contribution < 1.29 is 0 Å². The molecule has 0 aliphatic carbocycles. The first-order valence-electron chi connectivity index (χ1n) is 6.04. The standard InChI is InChI=1S/C13H14N2.C2H6/c1-14-9-11-4-6-12(7-5-11)13-3-2-8-15-10-13;1-2/h2-8,10,14H,9H2,1H3;1-2H3. The first-order chi connectivity index (χ1) is 8.40. The van der Waals surface area contributed by atoms with Gasteiger partial charge in [0.25, 0.3) is 0 Å². The van der Waals surface area contributed by atoms with E-state index in [1.54, 1.807) is 6.20 Å². The largest absolute Gasteiger partial charge is 0.316 e. The Labute approximate surface area is 104 Å². The van der Waals surface area contributed by atoms with Gasteiger partial charge >= 0.3 is 0 Å². The van der Waals surface area contributed by atoms with Crippen LogP contribution in [0.15, 0.2) is 48.8 Å². The lowest BCUT2D eigenvalue weighted by Crippen LogP contribution is -2.04. The summed E-state index contributed by atoms with van der Waals surface area (Å²) in [6.45, 7) is 4.91. The maximum atomic E-state index is 4.11. The lowest BCUT2D eigenvalue weighted by atomic mass is 10.1. The van der Waals surface area contributed by atoms with Crippen LogP contribution in [0.3, 0.4) is 0 Å². The third-order valence-electron chi connectivity index (χ3n) is 2.33. The molecule has 1 aromatic heterocycles. The van der Waals surface area contributed by atoms with Gasteiger partial charge in [-0.3, -0.25) is 4.98 Å². The number of hydrogen-bond donors (Lipinski definition) is 1. The minimum Gasteiger partial charge on any atom is -0.316 e. The molecule has 0 spiro atoms. The van der Waals surface area contributed by atoms with E-state index in [1.807, 2.05) is 33.2 Å². The Morgan fingerprint density at radius 1 is 1.00 bits per heavy atom. The van der Waals surface area contributed by atoms with Gasteiger partial charge in [0, 0.05) is 18.9 Å². The zero-order valence-corrected chi connectivity index (χ0v) is 10.8. The summed E-state index contributed by atoms with van der Waals surface area (Å²) in [6, 6.07) is 12.6. The van der Waals surface area contributed by atoms with Crippen molar-refractivity contribution in [3.05, 3.63) is 54.4 Å². The second-order valence-corrected chi connectivity index (χ2v) is 3.47. The molecule has 0 saturated carbocycles. The van der Waals surface area contributed by atoms with Crippen LogP contribution in [0.5, 0.6) is 0 Å². The second kappa shape index (κ2) is 7.58. The molecular weight excluding hydrogens is 208 g/mol. The molecule has 0 saturated heterocycles. The van der Waals surface area contributed by atoms with Crippen molar-refractivity contribution in [1.29, 1.82) is 0 Å². The van der Waals surface area contributed by atoms with Gasteiger partial charge in [0.15, 0.2) is 0 Å². The van der Waals surface area contributed by atoms with E-state index >= 15 is 0 Å². The third kappa shape index (κ3) is 4.00. The van der Waals surface area contributed by atoms with Crippen LogP contribution in [0.4, 0.5) is 0 Å². The second-order valence-electron chi connectivity index (χ2n) is 3.47. The van der Waals surface area contributed by atoms with Gasteiger partial charge in [0.05, 0.1) is 0 Å². The number of hydrogen-bond acceptors (Lipinski definition) is 2. The van der Waals surface area contributed by atoms with Crippen LogP contribution in [0.1, 0.15) is 19.4 Å². The molecule has 2 heteroatoms. The zero-order chi connectivity index (χ0) is 12.5. The highest BCUT2D eigenvalue weighted by atomic mass is 14.8. The van der Waals surface area contributed by atoms with Crippen molar-refractivity contribution in [1.82, 2.24) is 10.3 Å². The molecular formula is C15H20N2. The maximum absolute atomic E-state index is 4.11. The number of pyridine rings is 1. The minimum atomic E-state index is 0.910. The Bertz CT molecular complexity index is 407. The minimum absolute atomic E-state index is 0.910. The van der Waals surface area contributed by atoms with E-state index < -0.39 is 0 Å². The molecule has 0 bridgehead atoms. The molecule has 0 amide bonds. The number of rotatable bonds is 3. The van der Waals surface area contributed by atoms with E-state index in [4.69, 9.17) is 0 Å². The molecule has 2 nitrogen and oxygen atoms in total. The topological polar surface area (TPSA) is 24.9 Å². The summed E-state index contributed by atoms with van der Waals surface area (Å²) in [7, 11) is 1.95. The summed E-state index contributed by atoms with van der Waals surface area (Å²) in [5.74, 6) is 0. The van der Waals surface area contributed by atoms with Gasteiger partial charge in [0.1, 0.15) is 0 Å². The molecule has 2 aromatic rings. The number of nitrogens with one attached hydrogen (secondary N) is 1. The van der Waals surface area contributed by atoms with Gasteiger partial charge in [-0.2, -0.15) is 0 Å². The molecule has 2 rings (SSSR count). The van der Waals surface area contributed by atoms with Crippen molar-refractivity contribution in [2.45, 2.75) is 20.4 Å². The molecule has 0 radical (unpaired) electrons. The molecule has 0 aliphatic rings. The fraction of sp³-hybridized carbons (Fsp3) is 0.267. The van der Waals surface area contributed by atoms with Crippen molar-refractivity contribution in [2.24, 2.45) is 0 Å². The van der Waals surface area contributed by atoms with E-state index in [2.05, 4.69) is 40.6 Å². The highest BCUT2D eigenvalue weighted by Gasteiger charge is 1.96. The Morgan fingerprint density at radius 2 is 1.71 bits per heavy atom. The number of aromatic nitrogens is 1. The fourth-order valence-corrected chi connectivity index (χ4v) is 1.55. The van der Waals surface area contributed by atoms with Crippen LogP contribution in [0.25, 0.3) is 11.1 Å². The zero-order valence-electron chi connectivity index (χ0n) is 10.8. The molecule has 0 fully saturated rings. The molecule has 17 heavy (non-hydrogen) atoms. The van der Waals surface area contributed by atoms with Gasteiger partial charge in [-0.25, -0.2) is 0 Å². The van der Waals surface area contributed by atoms with Crippen LogP contribution in [-0.4, -0.2) is 12.0 Å². The molecule has 0 aliphatic heterocycles. The van der Waals surface area contributed by atoms with Gasteiger partial charge in [-0.1, -0.05) is 44.2 Å². The highest BCUT2D eigenvalue weighted by molar-refractivity contribution is 5.62. The van der Waals surface area contributed by atoms with Crippen molar-refractivity contribution in [3.8, 4) is 11.1 Å². The van der Waals surface area contributed by atoms with Gasteiger partial charge in [-0.15, -0.1) is 0 Å². The average molecular weight is 228 g/mol. The SMILES string of the molecule is CC.CNCc1ccc(-c2cccnc2)cc1. The Kier molecular flexibility index (Phi) is 5.97. The first-order valence-corrected chi connectivity index (χ1v) is 6.04. The maximum Gasteiger partial charge on any atom is 0.0346 e. The molecule has 0 unspecified atom stereocenters. The fourth-order valence-electron chi connectivity index (χ4n) is 1.55. The van der Waals surface area contributed by atoms with E-state index in [-0.39, 0.29) is 0 Å². The summed E-state index contributed by atoms with van der Waals surface area (Å²) in [4.78, 5) is 4.11. The summed E-state index contributed by atoms with van der Waals surface area (Å²) in [5.41, 5.74) is 3.67. The third-order valence-corrected chi connectivity index (χ3v) is 2.33. The van der Waals surface area contributed by atoms with Gasteiger partial charge in [0.2, 0.25) is 0 Å². The van der Waals surface area contributed by atoms with E-state index in [0.717, 1.165) is 12.1 Å². The van der Waals surface area contributed by atoms with Crippen molar-refractivity contribution in [3.63, 3.8) is 0 Å². The summed E-state index contributed by atoms with van der Waals surface area (Å²) in [5, 5.41) is 3.13. The first kappa shape index (κ1) is 13.4. The van der Waals surface area contributed by atoms with Crippen LogP contribution < -0.4 is 5.32 Å². The lowest BCUT2D eigenvalue weighted by molar-refractivity contribution is 0.818. The highest BCUT2D eigenvalue weighted by Crippen LogP contribution is 2.18. The van der Waals surface area contributed by atoms with Crippen molar-refractivity contribution >= 4 is 0 Å². The Morgan fingerprint density at radius 3 is 2.24 bits per heavy atom. The smallest absolute Gasteiger partial charge is 0.0346 e. The summed E-state index contributed by atoms with van der Waals surface area (Å²) < 4.78 is 0. The lowest BCUT2D eigenvalue weighted by Gasteiger charge is -2.03. The van der Waals surface area contributed by atoms with E-state index in [9.17, 15) is 0 Å². The van der Waals surface area contributed by atoms with Crippen LogP contribution in [0, 0.1) is 0 Å². The van der Waals surface area contributed by atoms with Gasteiger partial charge < -0.3 is 5.32 Å². The number of benzene rings is 1. The van der Waals surface area contributed by atoms with Crippen LogP contribution >= 0.6 is 0 Å². The van der Waals surface area contributed by atoms with E-state index in [0.29, 0.717) is 0 Å². The van der Waals surface area contributed by atoms with E-state index in [1.165, 1.54) is 11.1 Å². The Hall–Kier alpha value is -1.67. The molecule has 90 valence electrons.